The van der Waals surface area contributed by atoms with E-state index in [2.05, 4.69) is 53.1 Å². The number of hydrazone groups is 1. The van der Waals surface area contributed by atoms with Crippen LogP contribution in [0.5, 0.6) is 0 Å². The van der Waals surface area contributed by atoms with Gasteiger partial charge in [0.15, 0.2) is 0 Å². The van der Waals surface area contributed by atoms with E-state index in [9.17, 15) is 0 Å². The first kappa shape index (κ1) is 13.9. The molecule has 1 aliphatic rings. The third kappa shape index (κ3) is 3.98. The van der Waals surface area contributed by atoms with Crippen LogP contribution in [0.4, 0.5) is 5.69 Å². The Bertz CT molecular complexity index is 387. The predicted molar refractivity (Wildman–Crippen MR) is 83.0 cm³/mol. The number of rotatable bonds is 5. The minimum Gasteiger partial charge on any atom is -0.372 e. The monoisotopic (exact) mass is 259 g/mol. The van der Waals surface area contributed by atoms with Crippen molar-refractivity contribution in [1.29, 1.82) is 0 Å². The SMILES string of the molecule is CCN(CC)c1ccc(/C=N/N2CCCCC2)cc1. The molecule has 1 aliphatic heterocycles. The van der Waals surface area contributed by atoms with E-state index in [4.69, 9.17) is 0 Å². The van der Waals surface area contributed by atoms with Crippen molar-refractivity contribution in [1.82, 2.24) is 5.01 Å². The summed E-state index contributed by atoms with van der Waals surface area (Å²) in [5, 5.41) is 6.75. The Morgan fingerprint density at radius 1 is 1.05 bits per heavy atom. The molecule has 3 heteroatoms. The summed E-state index contributed by atoms with van der Waals surface area (Å²) in [6, 6.07) is 8.68. The molecule has 3 nitrogen and oxygen atoms in total. The summed E-state index contributed by atoms with van der Waals surface area (Å²) in [4.78, 5) is 2.35. The summed E-state index contributed by atoms with van der Waals surface area (Å²) in [7, 11) is 0. The summed E-state index contributed by atoms with van der Waals surface area (Å²) in [6.45, 7) is 8.70. The van der Waals surface area contributed by atoms with Crippen LogP contribution in [-0.2, 0) is 0 Å². The van der Waals surface area contributed by atoms with Crippen molar-refractivity contribution in [2.24, 2.45) is 5.10 Å². The van der Waals surface area contributed by atoms with E-state index in [0.717, 1.165) is 26.2 Å². The molecule has 0 bridgehead atoms. The Balaban J connectivity index is 1.96. The molecule has 0 spiro atoms. The second-order valence-corrected chi connectivity index (χ2v) is 5.02. The average molecular weight is 259 g/mol. The van der Waals surface area contributed by atoms with Crippen LogP contribution in [0.15, 0.2) is 29.4 Å². The smallest absolute Gasteiger partial charge is 0.0542 e. The number of anilines is 1. The molecule has 19 heavy (non-hydrogen) atoms. The Morgan fingerprint density at radius 3 is 2.26 bits per heavy atom. The molecule has 2 rings (SSSR count). The van der Waals surface area contributed by atoms with Crippen molar-refractivity contribution in [3.05, 3.63) is 29.8 Å². The number of hydrogen-bond acceptors (Lipinski definition) is 3. The summed E-state index contributed by atoms with van der Waals surface area (Å²) < 4.78 is 0. The largest absolute Gasteiger partial charge is 0.372 e. The lowest BCUT2D eigenvalue weighted by molar-refractivity contribution is 0.240. The summed E-state index contributed by atoms with van der Waals surface area (Å²) in [5.74, 6) is 0. The maximum atomic E-state index is 4.56. The van der Waals surface area contributed by atoms with Gasteiger partial charge in [-0.2, -0.15) is 5.10 Å². The molecule has 0 aromatic heterocycles. The van der Waals surface area contributed by atoms with Gasteiger partial charge < -0.3 is 4.90 Å². The molecular weight excluding hydrogens is 234 g/mol. The van der Waals surface area contributed by atoms with Gasteiger partial charge in [0.05, 0.1) is 6.21 Å². The number of hydrogen-bond donors (Lipinski definition) is 0. The second-order valence-electron chi connectivity index (χ2n) is 5.02. The summed E-state index contributed by atoms with van der Waals surface area (Å²) in [5.41, 5.74) is 2.47. The molecule has 1 fully saturated rings. The van der Waals surface area contributed by atoms with Gasteiger partial charge in [-0.25, -0.2) is 0 Å². The minimum atomic E-state index is 1.05. The fraction of sp³-hybridized carbons (Fsp3) is 0.562. The zero-order valence-electron chi connectivity index (χ0n) is 12.2. The molecule has 0 radical (unpaired) electrons. The highest BCUT2D eigenvalue weighted by molar-refractivity contribution is 5.80. The molecule has 1 saturated heterocycles. The van der Waals surface area contributed by atoms with Gasteiger partial charge in [0.1, 0.15) is 0 Å². The van der Waals surface area contributed by atoms with Crippen LogP contribution in [0.2, 0.25) is 0 Å². The number of piperidine rings is 1. The van der Waals surface area contributed by atoms with Crippen LogP contribution in [0.25, 0.3) is 0 Å². The molecule has 104 valence electrons. The molecule has 0 amide bonds. The third-order valence-electron chi connectivity index (χ3n) is 3.72. The number of benzene rings is 1. The molecule has 0 unspecified atom stereocenters. The van der Waals surface area contributed by atoms with Crippen LogP contribution < -0.4 is 4.90 Å². The van der Waals surface area contributed by atoms with Gasteiger partial charge in [-0.1, -0.05) is 12.1 Å². The maximum Gasteiger partial charge on any atom is 0.0542 e. The highest BCUT2D eigenvalue weighted by Crippen LogP contribution is 2.14. The van der Waals surface area contributed by atoms with Crippen LogP contribution in [-0.4, -0.2) is 37.4 Å². The van der Waals surface area contributed by atoms with E-state index in [0.29, 0.717) is 0 Å². The van der Waals surface area contributed by atoms with Crippen LogP contribution in [0.1, 0.15) is 38.7 Å². The van der Waals surface area contributed by atoms with Gasteiger partial charge >= 0.3 is 0 Å². The first-order valence-corrected chi connectivity index (χ1v) is 7.47. The zero-order chi connectivity index (χ0) is 13.5. The van der Waals surface area contributed by atoms with E-state index in [-0.39, 0.29) is 0 Å². The predicted octanol–water partition coefficient (Wildman–Crippen LogP) is 3.35. The van der Waals surface area contributed by atoms with E-state index in [1.54, 1.807) is 0 Å². The maximum absolute atomic E-state index is 4.56. The second kappa shape index (κ2) is 7.17. The fourth-order valence-electron chi connectivity index (χ4n) is 2.50. The van der Waals surface area contributed by atoms with Gasteiger partial charge in [0.2, 0.25) is 0 Å². The van der Waals surface area contributed by atoms with E-state index in [1.807, 2.05) is 6.21 Å². The van der Waals surface area contributed by atoms with E-state index in [1.165, 1.54) is 30.5 Å². The average Bonchev–Trinajstić information content (AvgIpc) is 2.49. The Morgan fingerprint density at radius 2 is 1.68 bits per heavy atom. The lowest BCUT2D eigenvalue weighted by Gasteiger charge is -2.23. The van der Waals surface area contributed by atoms with E-state index < -0.39 is 0 Å². The third-order valence-corrected chi connectivity index (χ3v) is 3.72. The van der Waals surface area contributed by atoms with Crippen molar-refractivity contribution in [2.45, 2.75) is 33.1 Å². The minimum absolute atomic E-state index is 1.05. The molecule has 0 N–H and O–H groups in total. The van der Waals surface area contributed by atoms with Crippen LogP contribution >= 0.6 is 0 Å². The standard InChI is InChI=1S/C16H25N3/c1-3-18(4-2)16-10-8-15(9-11-16)14-17-19-12-6-5-7-13-19/h8-11,14H,3-7,12-13H2,1-2H3/b17-14+. The van der Waals surface area contributed by atoms with Crippen molar-refractivity contribution in [3.8, 4) is 0 Å². The summed E-state index contributed by atoms with van der Waals surface area (Å²) >= 11 is 0. The molecule has 1 heterocycles. The highest BCUT2D eigenvalue weighted by atomic mass is 15.4. The molecule has 0 atom stereocenters. The van der Waals surface area contributed by atoms with E-state index >= 15 is 0 Å². The van der Waals surface area contributed by atoms with Gasteiger partial charge in [0, 0.05) is 31.9 Å². The topological polar surface area (TPSA) is 18.8 Å². The molecular formula is C16H25N3. The van der Waals surface area contributed by atoms with Crippen molar-refractivity contribution in [3.63, 3.8) is 0 Å². The van der Waals surface area contributed by atoms with Crippen LogP contribution in [0.3, 0.4) is 0 Å². The van der Waals surface area contributed by atoms with Crippen molar-refractivity contribution in [2.75, 3.05) is 31.1 Å². The van der Waals surface area contributed by atoms with Gasteiger partial charge in [-0.3, -0.25) is 5.01 Å². The molecule has 1 aromatic rings. The Labute approximate surface area is 116 Å². The quantitative estimate of drug-likeness (QED) is 0.755. The van der Waals surface area contributed by atoms with Crippen molar-refractivity contribution < 1.29 is 0 Å². The fourth-order valence-corrected chi connectivity index (χ4v) is 2.50. The van der Waals surface area contributed by atoms with Crippen LogP contribution in [0, 0.1) is 0 Å². The summed E-state index contributed by atoms with van der Waals surface area (Å²) in [6.07, 6.45) is 5.89. The molecule has 0 saturated carbocycles. The first-order chi connectivity index (χ1) is 9.33. The molecule has 1 aromatic carbocycles. The first-order valence-electron chi connectivity index (χ1n) is 7.47. The lowest BCUT2D eigenvalue weighted by atomic mass is 10.2. The Kier molecular flexibility index (Phi) is 5.25. The normalized spacial score (nSPS) is 16.0. The highest BCUT2D eigenvalue weighted by Gasteiger charge is 2.06. The zero-order valence-corrected chi connectivity index (χ0v) is 12.2. The van der Waals surface area contributed by atoms with Gasteiger partial charge in [-0.15, -0.1) is 0 Å². The van der Waals surface area contributed by atoms with Gasteiger partial charge in [-0.05, 0) is 50.8 Å². The molecule has 0 aliphatic carbocycles. The Hall–Kier alpha value is -1.51. The lowest BCUT2D eigenvalue weighted by Crippen LogP contribution is -2.24. The van der Waals surface area contributed by atoms with Crippen molar-refractivity contribution >= 4 is 11.9 Å². The van der Waals surface area contributed by atoms with Gasteiger partial charge in [0.25, 0.3) is 0 Å². The number of nitrogens with zero attached hydrogens (tertiary/aromatic N) is 3.